The molecule has 0 unspecified atom stereocenters. The van der Waals surface area contributed by atoms with E-state index in [4.69, 9.17) is 0 Å². The summed E-state index contributed by atoms with van der Waals surface area (Å²) in [6, 6.07) is 0. The molecule has 1 aromatic heterocycles. The average molecular weight is 271 g/mol. The molecule has 0 aromatic carbocycles. The molecule has 1 saturated carbocycles. The van der Waals surface area contributed by atoms with Crippen LogP contribution in [0.4, 0.5) is 0 Å². The summed E-state index contributed by atoms with van der Waals surface area (Å²) in [7, 11) is 4.06. The highest BCUT2D eigenvalue weighted by Gasteiger charge is 2.26. The molecule has 0 bridgehead atoms. The van der Waals surface area contributed by atoms with Gasteiger partial charge in [0.2, 0.25) is 5.16 Å². The van der Waals surface area contributed by atoms with E-state index in [1.807, 2.05) is 18.8 Å². The van der Waals surface area contributed by atoms with Crippen LogP contribution in [0, 0.1) is 0 Å². The summed E-state index contributed by atoms with van der Waals surface area (Å²) in [4.78, 5) is 2.10. The number of rotatable bonds is 5. The molecule has 0 radical (unpaired) electrons. The predicted octanol–water partition coefficient (Wildman–Crippen LogP) is 0.630. The minimum Gasteiger partial charge on any atom is -0.392 e. The molecule has 1 heterocycles. The Balaban J connectivity index is 1.94. The van der Waals surface area contributed by atoms with Gasteiger partial charge in [0.1, 0.15) is 0 Å². The van der Waals surface area contributed by atoms with E-state index in [9.17, 15) is 5.11 Å². The molecule has 0 aliphatic heterocycles. The Morgan fingerprint density at radius 1 is 1.39 bits per heavy atom. The first-order valence-electron chi connectivity index (χ1n) is 6.42. The molecular weight excluding hydrogens is 250 g/mol. The van der Waals surface area contributed by atoms with Gasteiger partial charge in [-0.2, -0.15) is 0 Å². The van der Waals surface area contributed by atoms with Crippen LogP contribution in [0.15, 0.2) is 5.16 Å². The van der Waals surface area contributed by atoms with Crippen LogP contribution in [-0.2, 0) is 6.54 Å². The minimum atomic E-state index is -0.220. The van der Waals surface area contributed by atoms with Crippen molar-refractivity contribution in [2.45, 2.75) is 48.7 Å². The number of likely N-dealkylation sites (N-methyl/N-ethyl adjacent to an activating group) is 1. The van der Waals surface area contributed by atoms with Crippen molar-refractivity contribution in [2.75, 3.05) is 20.6 Å². The lowest BCUT2D eigenvalue weighted by atomic mass is 9.97. The van der Waals surface area contributed by atoms with Gasteiger partial charge in [0.15, 0.2) is 0 Å². The first-order valence-corrected chi connectivity index (χ1v) is 7.30. The first kappa shape index (κ1) is 13.8. The van der Waals surface area contributed by atoms with Crippen LogP contribution in [-0.4, -0.2) is 62.2 Å². The summed E-state index contributed by atoms with van der Waals surface area (Å²) in [6.45, 7) is 1.69. The minimum absolute atomic E-state index is 0.220. The fourth-order valence-electron chi connectivity index (χ4n) is 2.07. The molecule has 0 saturated heterocycles. The third-order valence-corrected chi connectivity index (χ3v) is 4.54. The van der Waals surface area contributed by atoms with E-state index in [0.29, 0.717) is 0 Å². The SMILES string of the molecule is CN(C)CCn1nnnc1S[C@@H]1CCCC[C@@H]1O. The Kier molecular flexibility index (Phi) is 4.96. The molecule has 0 spiro atoms. The molecule has 18 heavy (non-hydrogen) atoms. The van der Waals surface area contributed by atoms with Crippen molar-refractivity contribution in [1.29, 1.82) is 0 Å². The highest BCUT2D eigenvalue weighted by molar-refractivity contribution is 7.99. The molecule has 2 rings (SSSR count). The lowest BCUT2D eigenvalue weighted by Gasteiger charge is -2.26. The van der Waals surface area contributed by atoms with Crippen molar-refractivity contribution < 1.29 is 5.11 Å². The van der Waals surface area contributed by atoms with Gasteiger partial charge in [-0.15, -0.1) is 5.10 Å². The average Bonchev–Trinajstić information content (AvgIpc) is 2.77. The number of thioether (sulfide) groups is 1. The van der Waals surface area contributed by atoms with E-state index >= 15 is 0 Å². The summed E-state index contributed by atoms with van der Waals surface area (Å²) in [6.07, 6.45) is 4.05. The number of aliphatic hydroxyl groups is 1. The topological polar surface area (TPSA) is 67.1 Å². The Morgan fingerprint density at radius 2 is 2.17 bits per heavy atom. The monoisotopic (exact) mass is 271 g/mol. The van der Waals surface area contributed by atoms with Crippen LogP contribution in [0.2, 0.25) is 0 Å². The number of hydrogen-bond acceptors (Lipinski definition) is 6. The summed E-state index contributed by atoms with van der Waals surface area (Å²) in [5.41, 5.74) is 0. The first-order chi connectivity index (χ1) is 8.66. The second-order valence-corrected chi connectivity index (χ2v) is 6.20. The van der Waals surface area contributed by atoms with Crippen molar-refractivity contribution in [2.24, 2.45) is 0 Å². The van der Waals surface area contributed by atoms with Crippen molar-refractivity contribution in [3.05, 3.63) is 0 Å². The molecule has 1 fully saturated rings. The molecule has 102 valence electrons. The van der Waals surface area contributed by atoms with Gasteiger partial charge in [-0.3, -0.25) is 0 Å². The standard InChI is InChI=1S/C11H21N5OS/c1-15(2)7-8-16-11(12-13-14-16)18-10-6-4-3-5-9(10)17/h9-10,17H,3-8H2,1-2H3/t9-,10+/m0/s1. The molecular formula is C11H21N5OS. The Morgan fingerprint density at radius 3 is 2.89 bits per heavy atom. The van der Waals surface area contributed by atoms with Gasteiger partial charge in [-0.1, -0.05) is 24.6 Å². The van der Waals surface area contributed by atoms with E-state index < -0.39 is 0 Å². The van der Waals surface area contributed by atoms with Crippen molar-refractivity contribution in [1.82, 2.24) is 25.1 Å². The molecule has 1 aliphatic carbocycles. The van der Waals surface area contributed by atoms with Gasteiger partial charge in [0, 0.05) is 11.8 Å². The van der Waals surface area contributed by atoms with Gasteiger partial charge >= 0.3 is 0 Å². The Labute approximate surface area is 112 Å². The molecule has 2 atom stereocenters. The normalized spacial score (nSPS) is 24.7. The van der Waals surface area contributed by atoms with Crippen molar-refractivity contribution >= 4 is 11.8 Å². The maximum atomic E-state index is 9.97. The summed E-state index contributed by atoms with van der Waals surface area (Å²) in [5.74, 6) is 0. The lowest BCUT2D eigenvalue weighted by molar-refractivity contribution is 0.136. The largest absolute Gasteiger partial charge is 0.392 e. The molecule has 0 amide bonds. The van der Waals surface area contributed by atoms with Crippen molar-refractivity contribution in [3.63, 3.8) is 0 Å². The van der Waals surface area contributed by atoms with Crippen LogP contribution in [0.25, 0.3) is 0 Å². The van der Waals surface area contributed by atoms with Crippen LogP contribution in [0.5, 0.6) is 0 Å². The summed E-state index contributed by atoms with van der Waals surface area (Å²) < 4.78 is 1.83. The Hall–Kier alpha value is -0.660. The van der Waals surface area contributed by atoms with Gasteiger partial charge in [-0.25, -0.2) is 4.68 Å². The van der Waals surface area contributed by atoms with Gasteiger partial charge in [-0.05, 0) is 37.4 Å². The fraction of sp³-hybridized carbons (Fsp3) is 0.909. The molecule has 6 nitrogen and oxygen atoms in total. The number of aromatic nitrogens is 4. The third-order valence-electron chi connectivity index (χ3n) is 3.18. The lowest BCUT2D eigenvalue weighted by Crippen LogP contribution is -2.27. The zero-order valence-electron chi connectivity index (χ0n) is 11.0. The predicted molar refractivity (Wildman–Crippen MR) is 70.5 cm³/mol. The van der Waals surface area contributed by atoms with E-state index in [-0.39, 0.29) is 11.4 Å². The second-order valence-electron chi connectivity index (χ2n) is 5.00. The molecule has 7 heteroatoms. The summed E-state index contributed by atoms with van der Waals surface area (Å²) in [5, 5.41) is 22.8. The van der Waals surface area contributed by atoms with E-state index in [2.05, 4.69) is 20.4 Å². The Bertz CT molecular complexity index is 370. The van der Waals surface area contributed by atoms with Crippen LogP contribution >= 0.6 is 11.8 Å². The molecule has 1 N–H and O–H groups in total. The smallest absolute Gasteiger partial charge is 0.209 e. The number of aliphatic hydroxyl groups excluding tert-OH is 1. The highest BCUT2D eigenvalue weighted by atomic mass is 32.2. The number of hydrogen-bond donors (Lipinski definition) is 1. The zero-order valence-corrected chi connectivity index (χ0v) is 11.8. The molecule has 1 aliphatic rings. The second kappa shape index (κ2) is 6.49. The number of tetrazole rings is 1. The van der Waals surface area contributed by atoms with E-state index in [1.165, 1.54) is 6.42 Å². The van der Waals surface area contributed by atoms with Crippen LogP contribution in [0.1, 0.15) is 25.7 Å². The van der Waals surface area contributed by atoms with Gasteiger partial charge in [0.25, 0.3) is 0 Å². The fourth-order valence-corrected chi connectivity index (χ4v) is 3.25. The van der Waals surface area contributed by atoms with Crippen LogP contribution < -0.4 is 0 Å². The zero-order chi connectivity index (χ0) is 13.0. The van der Waals surface area contributed by atoms with E-state index in [0.717, 1.165) is 37.5 Å². The number of nitrogens with zero attached hydrogens (tertiary/aromatic N) is 5. The third kappa shape index (κ3) is 3.66. The van der Waals surface area contributed by atoms with Gasteiger partial charge in [0.05, 0.1) is 12.6 Å². The maximum absolute atomic E-state index is 9.97. The van der Waals surface area contributed by atoms with Gasteiger partial charge < -0.3 is 10.0 Å². The quantitative estimate of drug-likeness (QED) is 0.847. The maximum Gasteiger partial charge on any atom is 0.209 e. The highest BCUT2D eigenvalue weighted by Crippen LogP contribution is 2.32. The van der Waals surface area contributed by atoms with Crippen LogP contribution in [0.3, 0.4) is 0 Å². The molecule has 1 aromatic rings. The van der Waals surface area contributed by atoms with Crippen molar-refractivity contribution in [3.8, 4) is 0 Å². The van der Waals surface area contributed by atoms with E-state index in [1.54, 1.807) is 11.8 Å². The summed E-state index contributed by atoms with van der Waals surface area (Å²) >= 11 is 1.62.